The molecule has 0 fully saturated rings. The van der Waals surface area contributed by atoms with Gasteiger partial charge in [-0.3, -0.25) is 9.97 Å². The van der Waals surface area contributed by atoms with Gasteiger partial charge in [-0.1, -0.05) is 22.4 Å². The van der Waals surface area contributed by atoms with E-state index in [1.165, 1.54) is 6.07 Å². The number of carbonyl (C=O) groups excluding carboxylic acids is 1. The highest BCUT2D eigenvalue weighted by atomic mass is 16.6. The van der Waals surface area contributed by atoms with Crippen molar-refractivity contribution in [2.24, 2.45) is 0 Å². The SMILES string of the molecule is CCOC(=O)c1cc(-c2ccccn2)no1.OCc1cc(-c2ccccn2)no1. The van der Waals surface area contributed by atoms with Crippen molar-refractivity contribution in [2.45, 2.75) is 13.5 Å². The number of pyridine rings is 2. The normalized spacial score (nSPS) is 10.1. The number of ether oxygens (including phenoxy) is 1. The first kappa shape index (κ1) is 19.9. The summed E-state index contributed by atoms with van der Waals surface area (Å²) in [5.41, 5.74) is 2.56. The second-order valence-electron chi connectivity index (χ2n) is 5.56. The number of rotatable bonds is 5. The Labute approximate surface area is 166 Å². The molecule has 29 heavy (non-hydrogen) atoms. The minimum Gasteiger partial charge on any atom is -0.460 e. The summed E-state index contributed by atoms with van der Waals surface area (Å²) in [7, 11) is 0. The molecular formula is C20H18N4O5. The van der Waals surface area contributed by atoms with Gasteiger partial charge < -0.3 is 18.9 Å². The van der Waals surface area contributed by atoms with Crippen molar-refractivity contribution in [3.63, 3.8) is 0 Å². The van der Waals surface area contributed by atoms with Gasteiger partial charge in [-0.25, -0.2) is 4.79 Å². The van der Waals surface area contributed by atoms with E-state index < -0.39 is 5.97 Å². The molecule has 0 bridgehead atoms. The third kappa shape index (κ3) is 5.33. The van der Waals surface area contributed by atoms with Crippen LogP contribution in [-0.2, 0) is 11.3 Å². The molecule has 0 radical (unpaired) electrons. The van der Waals surface area contributed by atoms with Crippen LogP contribution in [0.25, 0.3) is 22.8 Å². The Hall–Kier alpha value is -3.85. The van der Waals surface area contributed by atoms with Gasteiger partial charge in [0.25, 0.3) is 0 Å². The fourth-order valence-electron chi connectivity index (χ4n) is 2.23. The Bertz CT molecular complexity index is 1030. The molecule has 0 saturated carbocycles. The van der Waals surface area contributed by atoms with Crippen molar-refractivity contribution >= 4 is 5.97 Å². The predicted octanol–water partition coefficient (Wildman–Crippen LogP) is 3.14. The van der Waals surface area contributed by atoms with Crippen LogP contribution in [0.4, 0.5) is 0 Å². The summed E-state index contributed by atoms with van der Waals surface area (Å²) in [5.74, 6) is 0.0142. The van der Waals surface area contributed by atoms with Gasteiger partial charge in [-0.05, 0) is 31.2 Å². The summed E-state index contributed by atoms with van der Waals surface area (Å²) in [6.45, 7) is 1.90. The highest BCUT2D eigenvalue weighted by Crippen LogP contribution is 2.17. The average Bonchev–Trinajstić information content (AvgIpc) is 3.46. The number of esters is 1. The van der Waals surface area contributed by atoms with E-state index in [4.69, 9.17) is 18.9 Å². The van der Waals surface area contributed by atoms with Gasteiger partial charge in [-0.15, -0.1) is 0 Å². The summed E-state index contributed by atoms with van der Waals surface area (Å²) in [6, 6.07) is 14.1. The third-order valence-corrected chi connectivity index (χ3v) is 3.56. The van der Waals surface area contributed by atoms with Crippen molar-refractivity contribution < 1.29 is 23.7 Å². The molecule has 0 aromatic carbocycles. The minimum atomic E-state index is -0.516. The monoisotopic (exact) mass is 394 g/mol. The number of carbonyl (C=O) groups is 1. The molecule has 1 N–H and O–H groups in total. The largest absolute Gasteiger partial charge is 0.460 e. The fourth-order valence-corrected chi connectivity index (χ4v) is 2.23. The third-order valence-electron chi connectivity index (χ3n) is 3.56. The van der Waals surface area contributed by atoms with Crippen molar-refractivity contribution in [1.29, 1.82) is 0 Å². The van der Waals surface area contributed by atoms with Crippen LogP contribution in [0.3, 0.4) is 0 Å². The highest BCUT2D eigenvalue weighted by molar-refractivity contribution is 5.87. The van der Waals surface area contributed by atoms with Crippen LogP contribution in [0.5, 0.6) is 0 Å². The number of aliphatic hydroxyl groups excluding tert-OH is 1. The van der Waals surface area contributed by atoms with E-state index in [-0.39, 0.29) is 12.4 Å². The van der Waals surface area contributed by atoms with Crippen LogP contribution in [-0.4, -0.2) is 38.0 Å². The standard InChI is InChI=1S/C11H10N2O3.C9H8N2O2/c1-2-15-11(14)10-7-9(13-16-10)8-5-3-4-6-12-8;12-6-7-5-9(11-13-7)8-3-1-2-4-10-8/h3-7H,2H2,1H3;1-5,12H,6H2. The maximum Gasteiger partial charge on any atom is 0.377 e. The summed E-state index contributed by atoms with van der Waals surface area (Å²) >= 11 is 0. The van der Waals surface area contributed by atoms with E-state index in [1.807, 2.05) is 24.3 Å². The average molecular weight is 394 g/mol. The van der Waals surface area contributed by atoms with E-state index in [9.17, 15) is 4.79 Å². The summed E-state index contributed by atoms with van der Waals surface area (Å²) < 4.78 is 14.5. The van der Waals surface area contributed by atoms with E-state index >= 15 is 0 Å². The van der Waals surface area contributed by atoms with Gasteiger partial charge in [0.2, 0.25) is 5.76 Å². The van der Waals surface area contributed by atoms with E-state index in [0.29, 0.717) is 29.4 Å². The lowest BCUT2D eigenvalue weighted by Crippen LogP contribution is -2.02. The first-order chi connectivity index (χ1) is 14.2. The van der Waals surface area contributed by atoms with Gasteiger partial charge in [0.05, 0.1) is 18.0 Å². The second kappa shape index (κ2) is 9.90. The Morgan fingerprint density at radius 3 is 2.07 bits per heavy atom. The molecule has 4 rings (SSSR count). The molecule has 9 heteroatoms. The van der Waals surface area contributed by atoms with Crippen molar-refractivity contribution in [1.82, 2.24) is 20.3 Å². The topological polar surface area (TPSA) is 124 Å². The molecular weight excluding hydrogens is 376 g/mol. The Kier molecular flexibility index (Phi) is 6.80. The molecule has 4 heterocycles. The Morgan fingerprint density at radius 1 is 0.931 bits per heavy atom. The molecule has 0 atom stereocenters. The molecule has 0 aliphatic carbocycles. The molecule has 4 aromatic heterocycles. The molecule has 4 aromatic rings. The highest BCUT2D eigenvalue weighted by Gasteiger charge is 2.15. The molecule has 0 aliphatic rings. The lowest BCUT2D eigenvalue weighted by Gasteiger charge is -1.94. The number of nitrogens with zero attached hydrogens (tertiary/aromatic N) is 4. The first-order valence-electron chi connectivity index (χ1n) is 8.74. The van der Waals surface area contributed by atoms with Gasteiger partial charge in [0.1, 0.15) is 18.0 Å². The van der Waals surface area contributed by atoms with Gasteiger partial charge >= 0.3 is 5.97 Å². The fraction of sp³-hybridized carbons (Fsp3) is 0.150. The number of aliphatic hydroxyl groups is 1. The van der Waals surface area contributed by atoms with Crippen LogP contribution < -0.4 is 0 Å². The van der Waals surface area contributed by atoms with Crippen molar-refractivity contribution in [3.05, 3.63) is 72.4 Å². The zero-order chi connectivity index (χ0) is 20.5. The molecule has 0 unspecified atom stereocenters. The number of hydrogen-bond donors (Lipinski definition) is 1. The first-order valence-corrected chi connectivity index (χ1v) is 8.74. The number of aromatic nitrogens is 4. The van der Waals surface area contributed by atoms with Crippen LogP contribution in [0.2, 0.25) is 0 Å². The lowest BCUT2D eigenvalue weighted by molar-refractivity contribution is 0.0479. The quantitative estimate of drug-likeness (QED) is 0.508. The minimum absolute atomic E-state index is 0.0857. The predicted molar refractivity (Wildman–Crippen MR) is 101 cm³/mol. The lowest BCUT2D eigenvalue weighted by atomic mass is 10.2. The molecule has 0 amide bonds. The zero-order valence-electron chi connectivity index (χ0n) is 15.6. The molecule has 0 spiro atoms. The van der Waals surface area contributed by atoms with Crippen LogP contribution in [0.1, 0.15) is 23.2 Å². The van der Waals surface area contributed by atoms with E-state index in [1.54, 1.807) is 37.5 Å². The van der Waals surface area contributed by atoms with E-state index in [0.717, 1.165) is 5.69 Å². The van der Waals surface area contributed by atoms with Crippen LogP contribution >= 0.6 is 0 Å². The molecule has 148 valence electrons. The van der Waals surface area contributed by atoms with Crippen LogP contribution in [0.15, 0.2) is 70.0 Å². The Balaban J connectivity index is 0.000000169. The maximum absolute atomic E-state index is 11.3. The Morgan fingerprint density at radius 2 is 1.55 bits per heavy atom. The van der Waals surface area contributed by atoms with Gasteiger partial charge in [-0.2, -0.15) is 0 Å². The van der Waals surface area contributed by atoms with Crippen molar-refractivity contribution in [2.75, 3.05) is 6.61 Å². The number of hydrogen-bond acceptors (Lipinski definition) is 9. The summed E-state index contributed by atoms with van der Waals surface area (Å²) in [4.78, 5) is 19.5. The maximum atomic E-state index is 11.3. The summed E-state index contributed by atoms with van der Waals surface area (Å²) in [6.07, 6.45) is 3.33. The summed E-state index contributed by atoms with van der Waals surface area (Å²) in [5, 5.41) is 16.3. The van der Waals surface area contributed by atoms with E-state index in [2.05, 4.69) is 20.3 Å². The van der Waals surface area contributed by atoms with Crippen LogP contribution in [0, 0.1) is 0 Å². The zero-order valence-corrected chi connectivity index (χ0v) is 15.6. The van der Waals surface area contributed by atoms with Crippen molar-refractivity contribution in [3.8, 4) is 22.8 Å². The molecule has 0 saturated heterocycles. The molecule has 0 aliphatic heterocycles. The van der Waals surface area contributed by atoms with Gasteiger partial charge in [0.15, 0.2) is 5.76 Å². The molecule has 9 nitrogen and oxygen atoms in total. The smallest absolute Gasteiger partial charge is 0.377 e. The van der Waals surface area contributed by atoms with Gasteiger partial charge in [0, 0.05) is 24.5 Å². The second-order valence-corrected chi connectivity index (χ2v) is 5.56.